The Balaban J connectivity index is 2.06. The Bertz CT molecular complexity index is 577. The normalized spacial score (nSPS) is 22.9. The van der Waals surface area contributed by atoms with Crippen LogP contribution in [0, 0.1) is 17.3 Å². The van der Waals surface area contributed by atoms with Crippen LogP contribution < -0.4 is 11.1 Å². The van der Waals surface area contributed by atoms with Gasteiger partial charge in [-0.05, 0) is 29.7 Å². The van der Waals surface area contributed by atoms with Crippen molar-refractivity contribution in [2.45, 2.75) is 13.8 Å². The van der Waals surface area contributed by atoms with Gasteiger partial charge in [0.25, 0.3) is 0 Å². The fraction of sp³-hybridized carbons (Fsp3) is 0.357. The van der Waals surface area contributed by atoms with Gasteiger partial charge in [0.2, 0.25) is 11.8 Å². The van der Waals surface area contributed by atoms with Crippen LogP contribution in [0.1, 0.15) is 24.2 Å². The Kier molecular flexibility index (Phi) is 3.25. The lowest BCUT2D eigenvalue weighted by Crippen LogP contribution is -2.18. The number of carboxylic acid groups (broad SMARTS) is 1. The van der Waals surface area contributed by atoms with Gasteiger partial charge in [-0.3, -0.25) is 14.4 Å². The molecular formula is C14H16N2O4. The quantitative estimate of drug-likeness (QED) is 0.764. The molecule has 1 aromatic rings. The van der Waals surface area contributed by atoms with E-state index in [0.717, 1.165) is 0 Å². The number of anilines is 1. The zero-order valence-electron chi connectivity index (χ0n) is 11.2. The summed E-state index contributed by atoms with van der Waals surface area (Å²) in [6.45, 7) is 3.51. The molecule has 0 unspecified atom stereocenters. The molecule has 2 amide bonds. The molecule has 2 rings (SSSR count). The van der Waals surface area contributed by atoms with Gasteiger partial charge >= 0.3 is 5.97 Å². The summed E-state index contributed by atoms with van der Waals surface area (Å²) in [6, 6.07) is 6.13. The number of benzene rings is 1. The number of nitrogens with one attached hydrogen (secondary N) is 1. The molecule has 1 aromatic carbocycles. The zero-order chi connectivity index (χ0) is 15.1. The van der Waals surface area contributed by atoms with Crippen LogP contribution in [0.3, 0.4) is 0 Å². The van der Waals surface area contributed by atoms with Crippen molar-refractivity contribution in [3.05, 3.63) is 29.8 Å². The van der Waals surface area contributed by atoms with Crippen molar-refractivity contribution in [1.29, 1.82) is 0 Å². The molecule has 0 bridgehead atoms. The Hall–Kier alpha value is -2.37. The predicted molar refractivity (Wildman–Crippen MR) is 72.0 cm³/mol. The summed E-state index contributed by atoms with van der Waals surface area (Å²) in [4.78, 5) is 34.0. The second-order valence-electron chi connectivity index (χ2n) is 5.55. The van der Waals surface area contributed by atoms with E-state index < -0.39 is 29.1 Å². The van der Waals surface area contributed by atoms with Crippen LogP contribution in [0.25, 0.3) is 0 Å². The van der Waals surface area contributed by atoms with Crippen molar-refractivity contribution in [1.82, 2.24) is 0 Å². The number of aliphatic carboxylic acids is 1. The van der Waals surface area contributed by atoms with Gasteiger partial charge < -0.3 is 16.2 Å². The van der Waals surface area contributed by atoms with Gasteiger partial charge in [0, 0.05) is 11.3 Å². The van der Waals surface area contributed by atoms with E-state index in [1.54, 1.807) is 26.0 Å². The topological polar surface area (TPSA) is 109 Å². The molecule has 2 atom stereocenters. The number of rotatable bonds is 4. The van der Waals surface area contributed by atoms with Crippen molar-refractivity contribution in [2.24, 2.45) is 23.0 Å². The third kappa shape index (κ3) is 2.36. The first-order valence-electron chi connectivity index (χ1n) is 6.18. The van der Waals surface area contributed by atoms with E-state index in [4.69, 9.17) is 10.8 Å². The number of carbonyl (C=O) groups excluding carboxylic acids is 2. The van der Waals surface area contributed by atoms with Gasteiger partial charge in [0.15, 0.2) is 0 Å². The lowest BCUT2D eigenvalue weighted by atomic mass is 10.1. The van der Waals surface area contributed by atoms with E-state index in [2.05, 4.69) is 5.32 Å². The molecule has 1 fully saturated rings. The Labute approximate surface area is 116 Å². The molecule has 4 N–H and O–H groups in total. The maximum Gasteiger partial charge on any atom is 0.307 e. The highest BCUT2D eigenvalue weighted by Crippen LogP contribution is 2.58. The average molecular weight is 276 g/mol. The maximum atomic E-state index is 12.1. The summed E-state index contributed by atoms with van der Waals surface area (Å²) >= 11 is 0. The van der Waals surface area contributed by atoms with Crippen molar-refractivity contribution in [2.75, 3.05) is 5.32 Å². The second kappa shape index (κ2) is 4.63. The number of primary amides is 1. The minimum Gasteiger partial charge on any atom is -0.481 e. The van der Waals surface area contributed by atoms with Crippen LogP contribution in [0.2, 0.25) is 0 Å². The smallest absolute Gasteiger partial charge is 0.307 e. The van der Waals surface area contributed by atoms with Gasteiger partial charge in [0.1, 0.15) is 0 Å². The summed E-state index contributed by atoms with van der Waals surface area (Å²) < 4.78 is 0. The van der Waals surface area contributed by atoms with E-state index >= 15 is 0 Å². The van der Waals surface area contributed by atoms with Gasteiger partial charge in [-0.25, -0.2) is 0 Å². The highest BCUT2D eigenvalue weighted by atomic mass is 16.4. The molecule has 1 saturated carbocycles. The van der Waals surface area contributed by atoms with Gasteiger partial charge in [-0.1, -0.05) is 13.8 Å². The van der Waals surface area contributed by atoms with Crippen LogP contribution in [0.5, 0.6) is 0 Å². The van der Waals surface area contributed by atoms with Crippen molar-refractivity contribution in [3.63, 3.8) is 0 Å². The van der Waals surface area contributed by atoms with Crippen LogP contribution >= 0.6 is 0 Å². The summed E-state index contributed by atoms with van der Waals surface area (Å²) in [5.41, 5.74) is 5.43. The SMILES string of the molecule is CC1(C)[C@H](C(=O)O)[C@@H]1C(=O)Nc1ccc(C(N)=O)cc1. The van der Waals surface area contributed by atoms with Gasteiger partial charge in [0.05, 0.1) is 11.8 Å². The summed E-state index contributed by atoms with van der Waals surface area (Å²) in [5, 5.41) is 11.7. The Morgan fingerprint density at radius 2 is 1.70 bits per heavy atom. The fourth-order valence-electron chi connectivity index (χ4n) is 2.53. The van der Waals surface area contributed by atoms with E-state index in [1.165, 1.54) is 12.1 Å². The summed E-state index contributed by atoms with van der Waals surface area (Å²) in [7, 11) is 0. The minimum absolute atomic E-state index is 0.325. The molecule has 0 spiro atoms. The monoisotopic (exact) mass is 276 g/mol. The zero-order valence-corrected chi connectivity index (χ0v) is 11.2. The number of amides is 2. The Morgan fingerprint density at radius 1 is 1.15 bits per heavy atom. The lowest BCUT2D eigenvalue weighted by molar-refractivity contribution is -0.140. The van der Waals surface area contributed by atoms with Crippen molar-refractivity contribution >= 4 is 23.5 Å². The number of nitrogens with two attached hydrogens (primary N) is 1. The number of hydrogen-bond acceptors (Lipinski definition) is 3. The van der Waals surface area contributed by atoms with E-state index in [9.17, 15) is 14.4 Å². The summed E-state index contributed by atoms with van der Waals surface area (Å²) in [6.07, 6.45) is 0. The number of carboxylic acids is 1. The lowest BCUT2D eigenvalue weighted by Gasteiger charge is -2.06. The first-order chi connectivity index (χ1) is 9.25. The minimum atomic E-state index is -0.959. The van der Waals surface area contributed by atoms with Crippen LogP contribution in [0.4, 0.5) is 5.69 Å². The Morgan fingerprint density at radius 3 is 2.10 bits per heavy atom. The van der Waals surface area contributed by atoms with Crippen LogP contribution in [-0.4, -0.2) is 22.9 Å². The molecule has 0 radical (unpaired) electrons. The fourth-order valence-corrected chi connectivity index (χ4v) is 2.53. The highest BCUT2D eigenvalue weighted by molar-refractivity contribution is 6.00. The molecular weight excluding hydrogens is 260 g/mol. The van der Waals surface area contributed by atoms with E-state index in [-0.39, 0.29) is 5.91 Å². The number of hydrogen-bond donors (Lipinski definition) is 3. The van der Waals surface area contributed by atoms with Gasteiger partial charge in [-0.2, -0.15) is 0 Å². The molecule has 1 aliphatic carbocycles. The predicted octanol–water partition coefficient (Wildman–Crippen LogP) is 1.08. The highest BCUT2D eigenvalue weighted by Gasteiger charge is 2.65. The molecule has 1 aliphatic rings. The molecule has 6 nitrogen and oxygen atoms in total. The molecule has 0 aromatic heterocycles. The van der Waals surface area contributed by atoms with E-state index in [0.29, 0.717) is 11.3 Å². The molecule has 0 heterocycles. The molecule has 106 valence electrons. The molecule has 0 saturated heterocycles. The second-order valence-corrected chi connectivity index (χ2v) is 5.55. The molecule has 0 aliphatic heterocycles. The first-order valence-corrected chi connectivity index (χ1v) is 6.18. The first kappa shape index (κ1) is 14.0. The third-order valence-electron chi connectivity index (χ3n) is 3.81. The maximum absolute atomic E-state index is 12.1. The third-order valence-corrected chi connectivity index (χ3v) is 3.81. The van der Waals surface area contributed by atoms with Crippen molar-refractivity contribution in [3.8, 4) is 0 Å². The standard InChI is InChI=1S/C14H16N2O4/c1-14(2)9(10(14)13(19)20)12(18)16-8-5-3-7(4-6-8)11(15)17/h3-6,9-10H,1-2H3,(H2,15,17)(H,16,18)(H,19,20)/t9-,10+/m1/s1. The van der Waals surface area contributed by atoms with Crippen LogP contribution in [0.15, 0.2) is 24.3 Å². The molecule has 6 heteroatoms. The van der Waals surface area contributed by atoms with E-state index in [1.807, 2.05) is 0 Å². The van der Waals surface area contributed by atoms with Crippen molar-refractivity contribution < 1.29 is 19.5 Å². The van der Waals surface area contributed by atoms with Crippen LogP contribution in [-0.2, 0) is 9.59 Å². The number of carbonyl (C=O) groups is 3. The average Bonchev–Trinajstić information content (AvgIpc) is 2.93. The largest absolute Gasteiger partial charge is 0.481 e. The van der Waals surface area contributed by atoms with Gasteiger partial charge in [-0.15, -0.1) is 0 Å². The summed E-state index contributed by atoms with van der Waals surface area (Å²) in [5.74, 6) is -3.03. The molecule has 20 heavy (non-hydrogen) atoms.